The summed E-state index contributed by atoms with van der Waals surface area (Å²) >= 11 is 1.08. The molecule has 1 aromatic carbocycles. The normalized spacial score (nSPS) is 24.5. The Balaban J connectivity index is 1.69. The Morgan fingerprint density at radius 3 is 2.37 bits per heavy atom. The van der Waals surface area contributed by atoms with E-state index >= 15 is 0 Å². The van der Waals surface area contributed by atoms with Gasteiger partial charge in [0, 0.05) is 29.6 Å². The molecule has 54 heavy (non-hydrogen) atoms. The number of aliphatic hydroxyl groups excluding tert-OH is 1. The minimum atomic E-state index is -1.65. The number of aliphatic hydroxyl groups is 1. The third-order valence-electron chi connectivity index (χ3n) is 9.35. The minimum Gasteiger partial charge on any atom is -0.480 e. The van der Waals surface area contributed by atoms with Gasteiger partial charge in [-0.05, 0) is 36.5 Å². The number of aliphatic carboxylic acids is 1. The lowest BCUT2D eigenvalue weighted by Crippen LogP contribution is -2.58. The van der Waals surface area contributed by atoms with Crippen LogP contribution in [0.25, 0.3) is 10.9 Å². The molecule has 1 fully saturated rings. The third kappa shape index (κ3) is 10.5. The van der Waals surface area contributed by atoms with Crippen LogP contribution in [0.5, 0.6) is 0 Å². The Morgan fingerprint density at radius 1 is 1.06 bits per heavy atom. The van der Waals surface area contributed by atoms with E-state index in [1.807, 2.05) is 25.1 Å². The zero-order valence-corrected chi connectivity index (χ0v) is 30.9. The van der Waals surface area contributed by atoms with E-state index in [-0.39, 0.29) is 31.1 Å². The van der Waals surface area contributed by atoms with E-state index in [2.05, 4.69) is 31.6 Å². The fraction of sp³-hybridized carbons (Fsp3) is 0.529. The number of nitrogens with zero attached hydrogens (tertiary/aromatic N) is 1. The summed E-state index contributed by atoms with van der Waals surface area (Å²) in [6, 6.07) is -1.12. The average molecular weight is 774 g/mol. The number of carboxylic acid groups (broad SMARTS) is 1. The van der Waals surface area contributed by atoms with Crippen molar-refractivity contribution >= 4 is 70.0 Å². The van der Waals surface area contributed by atoms with E-state index in [4.69, 9.17) is 11.5 Å². The van der Waals surface area contributed by atoms with Crippen LogP contribution in [-0.4, -0.2) is 129 Å². The molecule has 1 aromatic heterocycles. The van der Waals surface area contributed by atoms with Gasteiger partial charge in [-0.1, -0.05) is 32.4 Å². The second kappa shape index (κ2) is 18.2. The maximum absolute atomic E-state index is 13.9. The Kier molecular flexibility index (Phi) is 14.0. The van der Waals surface area contributed by atoms with Crippen LogP contribution in [0, 0.1) is 12.8 Å². The second-order valence-corrected chi connectivity index (χ2v) is 14.6. The molecule has 4 rings (SSSR count). The smallest absolute Gasteiger partial charge is 0.326 e. The molecule has 7 amide bonds. The number of fused-ring (bicyclic) bond motifs is 3. The lowest BCUT2D eigenvalue weighted by atomic mass is 9.98. The van der Waals surface area contributed by atoms with Gasteiger partial charge in [-0.15, -0.1) is 11.8 Å². The van der Waals surface area contributed by atoms with Crippen LogP contribution in [0.2, 0.25) is 0 Å². The number of carboxylic acids is 1. The third-order valence-corrected chi connectivity index (χ3v) is 10.5. The molecule has 20 heteroatoms. The summed E-state index contributed by atoms with van der Waals surface area (Å²) in [5.41, 5.74) is 13.9. The molecule has 0 saturated carbocycles. The number of nitrogens with one attached hydrogen (secondary N) is 6. The number of H-pyrrole nitrogens is 1. The molecule has 12 N–H and O–H groups in total. The summed E-state index contributed by atoms with van der Waals surface area (Å²) in [6.07, 6.45) is -1.67. The number of amides is 7. The lowest BCUT2D eigenvalue weighted by molar-refractivity contribution is -0.149. The van der Waals surface area contributed by atoms with Gasteiger partial charge in [-0.2, -0.15) is 0 Å². The van der Waals surface area contributed by atoms with Crippen molar-refractivity contribution in [1.29, 1.82) is 0 Å². The van der Waals surface area contributed by atoms with E-state index in [9.17, 15) is 48.6 Å². The van der Waals surface area contributed by atoms with Crippen LogP contribution in [0.15, 0.2) is 23.2 Å². The molecular formula is C34H47N9O10S. The number of carbonyl (C=O) groups is 8. The van der Waals surface area contributed by atoms with E-state index in [0.717, 1.165) is 27.6 Å². The largest absolute Gasteiger partial charge is 0.480 e. The number of likely N-dealkylation sites (tertiary alicyclic amines) is 1. The van der Waals surface area contributed by atoms with Gasteiger partial charge in [0.15, 0.2) is 0 Å². The molecular weight excluding hydrogens is 726 g/mol. The van der Waals surface area contributed by atoms with Gasteiger partial charge >= 0.3 is 5.97 Å². The zero-order valence-electron chi connectivity index (χ0n) is 30.1. The lowest BCUT2D eigenvalue weighted by Gasteiger charge is -2.28. The Labute approximate surface area is 314 Å². The first-order chi connectivity index (χ1) is 25.5. The minimum absolute atomic E-state index is 0.00157. The number of carbonyl (C=O) groups excluding carboxylic acids is 7. The molecule has 7 atom stereocenters. The average Bonchev–Trinajstić information content (AvgIpc) is 3.67. The fourth-order valence-electron chi connectivity index (χ4n) is 6.25. The molecule has 0 spiro atoms. The molecule has 0 radical (unpaired) electrons. The fourth-order valence-corrected chi connectivity index (χ4v) is 7.36. The van der Waals surface area contributed by atoms with Crippen molar-refractivity contribution in [1.82, 2.24) is 36.5 Å². The monoisotopic (exact) mass is 773 g/mol. The van der Waals surface area contributed by atoms with Crippen LogP contribution in [0.1, 0.15) is 44.2 Å². The molecule has 0 aliphatic carbocycles. The van der Waals surface area contributed by atoms with Gasteiger partial charge in [0.2, 0.25) is 41.4 Å². The molecule has 1 saturated heterocycles. The van der Waals surface area contributed by atoms with E-state index < -0.39 is 103 Å². The van der Waals surface area contributed by atoms with Crippen molar-refractivity contribution in [3.63, 3.8) is 0 Å². The van der Waals surface area contributed by atoms with Gasteiger partial charge in [-0.3, -0.25) is 33.6 Å². The SMILES string of the molecule is CC[C@H](C)[C@@H]1NC(=O)CNC(=O)[C@@H](N)Cc2c([nH]c3cc(C)ccc23)SC[C@@H](C(=O)N[C@@H](CC(N)=O)C(=O)N2C[C@H](O)C[C@H]2C(=O)O)NC(=O)CNC1=O. The number of hydrogen-bond donors (Lipinski definition) is 10. The highest BCUT2D eigenvalue weighted by molar-refractivity contribution is 7.99. The van der Waals surface area contributed by atoms with Crippen molar-refractivity contribution in [2.75, 3.05) is 25.4 Å². The summed E-state index contributed by atoms with van der Waals surface area (Å²) in [6.45, 7) is 3.97. The van der Waals surface area contributed by atoms with Crippen molar-refractivity contribution in [2.24, 2.45) is 17.4 Å². The molecule has 2 aliphatic rings. The predicted octanol–water partition coefficient (Wildman–Crippen LogP) is -2.89. The van der Waals surface area contributed by atoms with Gasteiger partial charge in [0.1, 0.15) is 24.2 Å². The summed E-state index contributed by atoms with van der Waals surface area (Å²) in [7, 11) is 0. The highest BCUT2D eigenvalue weighted by atomic mass is 32.2. The first kappa shape index (κ1) is 41.5. The summed E-state index contributed by atoms with van der Waals surface area (Å²) in [5, 5.41) is 33.5. The number of primary amides is 1. The molecule has 0 bridgehead atoms. The second-order valence-electron chi connectivity index (χ2n) is 13.6. The van der Waals surface area contributed by atoms with Gasteiger partial charge < -0.3 is 58.1 Å². The number of aryl methyl sites for hydroxylation is 1. The number of β-amino-alcohol motifs (C(OH)–C–C–N with tert-alkyl or cyclic N) is 1. The van der Waals surface area contributed by atoms with Crippen LogP contribution < -0.4 is 38.1 Å². The standard InChI is InChI=1S/C34H47N9O10S/c1-4-16(3)28-31(50)38-11-26(46)39-23(30(49)40-22(10-25(36)45)33(51)43-13-17(44)8-24(43)34(52)53)14-54-32-19(18-6-5-15(2)7-21(18)41-32)9-20(35)29(48)37-12-27(47)42-28/h5-7,16-17,20,22-24,28,41,44H,4,8-14,35H2,1-3H3,(H2,36,45)(H,37,48)(H,38,50)(H,39,46)(H,40,49)(H,42,47)(H,52,53)/t16-,17+,20-,22-,23-,24-,28-/m0/s1. The number of aromatic amines is 1. The Morgan fingerprint density at radius 2 is 1.72 bits per heavy atom. The maximum Gasteiger partial charge on any atom is 0.326 e. The predicted molar refractivity (Wildman–Crippen MR) is 194 cm³/mol. The van der Waals surface area contributed by atoms with E-state index in [1.54, 1.807) is 13.8 Å². The highest BCUT2D eigenvalue weighted by Crippen LogP contribution is 2.32. The van der Waals surface area contributed by atoms with Gasteiger partial charge in [-0.25, -0.2) is 4.79 Å². The molecule has 3 heterocycles. The number of hydrogen-bond acceptors (Lipinski definition) is 11. The molecule has 2 aromatic rings. The molecule has 19 nitrogen and oxygen atoms in total. The number of thioether (sulfide) groups is 1. The van der Waals surface area contributed by atoms with Crippen molar-refractivity contribution in [2.45, 2.75) is 87.8 Å². The highest BCUT2D eigenvalue weighted by Gasteiger charge is 2.42. The Hall–Kier alpha value is -5.21. The van der Waals surface area contributed by atoms with Crippen molar-refractivity contribution in [3.05, 3.63) is 29.3 Å². The number of rotatable bonds is 8. The van der Waals surface area contributed by atoms with Crippen LogP contribution >= 0.6 is 11.8 Å². The maximum atomic E-state index is 13.9. The molecule has 2 aliphatic heterocycles. The first-order valence-corrected chi connectivity index (χ1v) is 18.4. The van der Waals surface area contributed by atoms with Gasteiger partial charge in [0.05, 0.1) is 36.7 Å². The van der Waals surface area contributed by atoms with Crippen LogP contribution in [-0.2, 0) is 44.8 Å². The summed E-state index contributed by atoms with van der Waals surface area (Å²) < 4.78 is 0. The van der Waals surface area contributed by atoms with Crippen molar-refractivity contribution < 1.29 is 48.6 Å². The van der Waals surface area contributed by atoms with E-state index in [0.29, 0.717) is 22.5 Å². The number of nitrogens with two attached hydrogens (primary N) is 2. The first-order valence-electron chi connectivity index (χ1n) is 17.4. The van der Waals surface area contributed by atoms with Crippen molar-refractivity contribution in [3.8, 4) is 0 Å². The quantitative estimate of drug-likeness (QED) is 0.129. The molecule has 294 valence electrons. The topological polar surface area (TPSA) is 308 Å². The van der Waals surface area contributed by atoms with E-state index in [1.165, 1.54) is 0 Å². The zero-order chi connectivity index (χ0) is 39.9. The number of benzene rings is 1. The molecule has 0 unspecified atom stereocenters. The van der Waals surface area contributed by atoms with Crippen LogP contribution in [0.3, 0.4) is 0 Å². The summed E-state index contributed by atoms with van der Waals surface area (Å²) in [4.78, 5) is 108. The van der Waals surface area contributed by atoms with Gasteiger partial charge in [0.25, 0.3) is 0 Å². The van der Waals surface area contributed by atoms with Crippen LogP contribution in [0.4, 0.5) is 0 Å². The Bertz CT molecular complexity index is 1800. The number of aromatic nitrogens is 1. The summed E-state index contributed by atoms with van der Waals surface area (Å²) in [5.74, 6) is -7.66.